The lowest BCUT2D eigenvalue weighted by molar-refractivity contribution is -0.139. The summed E-state index contributed by atoms with van der Waals surface area (Å²) in [5, 5.41) is 0.552. The lowest BCUT2D eigenvalue weighted by atomic mass is 9.95. The van der Waals surface area contributed by atoms with Crippen LogP contribution >= 0.6 is 11.6 Å². The van der Waals surface area contributed by atoms with E-state index in [1.54, 1.807) is 34.1 Å². The van der Waals surface area contributed by atoms with E-state index in [-0.39, 0.29) is 30.3 Å². The molecule has 1 atom stereocenters. The normalized spacial score (nSPS) is 19.0. The molecule has 1 saturated carbocycles. The summed E-state index contributed by atoms with van der Waals surface area (Å²) in [7, 11) is 0. The Hall–Kier alpha value is -2.54. The van der Waals surface area contributed by atoms with E-state index >= 15 is 0 Å². The van der Waals surface area contributed by atoms with Crippen LogP contribution in [0.15, 0.2) is 48.5 Å². The Kier molecular flexibility index (Phi) is 6.47. The van der Waals surface area contributed by atoms with Crippen LogP contribution in [0.25, 0.3) is 0 Å². The Labute approximate surface area is 189 Å². The maximum atomic E-state index is 13.4. The summed E-state index contributed by atoms with van der Waals surface area (Å²) in [6.45, 7) is 1.22. The van der Waals surface area contributed by atoms with Crippen LogP contribution in [0.5, 0.6) is 0 Å². The van der Waals surface area contributed by atoms with Gasteiger partial charge in [-0.2, -0.15) is 13.2 Å². The first-order valence-electron chi connectivity index (χ1n) is 10.7. The van der Waals surface area contributed by atoms with E-state index in [2.05, 4.69) is 0 Å². The average Bonchev–Trinajstić information content (AvgIpc) is 3.62. The number of halogens is 4. The van der Waals surface area contributed by atoms with Crippen molar-refractivity contribution in [3.8, 4) is 0 Å². The molecule has 2 aliphatic rings. The summed E-state index contributed by atoms with van der Waals surface area (Å²) in [5.74, 6) is -0.462. The Morgan fingerprint density at radius 3 is 2.25 bits per heavy atom. The zero-order valence-corrected chi connectivity index (χ0v) is 18.2. The first-order valence-corrected chi connectivity index (χ1v) is 11.1. The molecule has 2 amide bonds. The molecule has 1 aliphatic heterocycles. The highest BCUT2D eigenvalue weighted by atomic mass is 35.5. The van der Waals surface area contributed by atoms with Crippen molar-refractivity contribution in [1.29, 1.82) is 0 Å². The fourth-order valence-electron chi connectivity index (χ4n) is 4.14. The number of carbonyl (C=O) groups excluding carboxylic acids is 2. The van der Waals surface area contributed by atoms with E-state index in [1.165, 1.54) is 12.1 Å². The third-order valence-electron chi connectivity index (χ3n) is 6.05. The molecule has 0 bridgehead atoms. The number of carbonyl (C=O) groups is 2. The quantitative estimate of drug-likeness (QED) is 0.594. The number of hydrogen-bond acceptors (Lipinski definition) is 2. The number of nitrogens with zero attached hydrogens (tertiary/aromatic N) is 2. The molecule has 1 aliphatic carbocycles. The van der Waals surface area contributed by atoms with Gasteiger partial charge in [-0.25, -0.2) is 0 Å². The summed E-state index contributed by atoms with van der Waals surface area (Å²) in [4.78, 5) is 29.7. The Morgan fingerprint density at radius 2 is 1.66 bits per heavy atom. The smallest absolute Gasteiger partial charge is 0.338 e. The molecule has 8 heteroatoms. The lowest BCUT2D eigenvalue weighted by Gasteiger charge is -2.35. The molecule has 2 aromatic rings. The van der Waals surface area contributed by atoms with Gasteiger partial charge in [0.1, 0.15) is 0 Å². The SMILES string of the molecule is O=C(c1ccc(Cl)cc1)N1CCCC(C(=O)N(Cc2ccc(C(F)(F)F)cc2)C2CC2)C1. The molecule has 2 aromatic carbocycles. The van der Waals surface area contributed by atoms with Crippen molar-refractivity contribution in [2.75, 3.05) is 13.1 Å². The number of benzene rings is 2. The Bertz CT molecular complexity index is 972. The van der Waals surface area contributed by atoms with E-state index < -0.39 is 11.7 Å². The van der Waals surface area contributed by atoms with Crippen LogP contribution in [-0.4, -0.2) is 40.7 Å². The van der Waals surface area contributed by atoms with Gasteiger partial charge in [0, 0.05) is 36.3 Å². The number of rotatable bonds is 5. The topological polar surface area (TPSA) is 40.6 Å². The number of hydrogen-bond donors (Lipinski definition) is 0. The predicted octanol–water partition coefficient (Wildman–Crippen LogP) is 5.40. The van der Waals surface area contributed by atoms with Gasteiger partial charge in [0.05, 0.1) is 11.5 Å². The first kappa shape index (κ1) is 22.6. The fourth-order valence-corrected chi connectivity index (χ4v) is 4.27. The second kappa shape index (κ2) is 9.14. The monoisotopic (exact) mass is 464 g/mol. The molecule has 4 rings (SSSR count). The van der Waals surface area contributed by atoms with Crippen molar-refractivity contribution in [2.24, 2.45) is 5.92 Å². The summed E-state index contributed by atoms with van der Waals surface area (Å²) < 4.78 is 38.5. The van der Waals surface area contributed by atoms with Crippen molar-refractivity contribution in [2.45, 2.75) is 44.4 Å². The van der Waals surface area contributed by atoms with Crippen LogP contribution in [-0.2, 0) is 17.5 Å². The molecule has 1 heterocycles. The van der Waals surface area contributed by atoms with Crippen LogP contribution in [0.2, 0.25) is 5.02 Å². The molecule has 0 spiro atoms. The average molecular weight is 465 g/mol. The van der Waals surface area contributed by atoms with Gasteiger partial charge in [0.2, 0.25) is 5.91 Å². The third kappa shape index (κ3) is 5.26. The van der Waals surface area contributed by atoms with Gasteiger partial charge in [-0.3, -0.25) is 9.59 Å². The van der Waals surface area contributed by atoms with Crippen LogP contribution in [0, 0.1) is 5.92 Å². The fraction of sp³-hybridized carbons (Fsp3) is 0.417. The summed E-state index contributed by atoms with van der Waals surface area (Å²) in [6.07, 6.45) is -1.17. The largest absolute Gasteiger partial charge is 0.416 e. The molecule has 1 unspecified atom stereocenters. The molecule has 1 saturated heterocycles. The minimum absolute atomic E-state index is 0.0268. The summed E-state index contributed by atoms with van der Waals surface area (Å²) in [5.41, 5.74) is 0.503. The summed E-state index contributed by atoms with van der Waals surface area (Å²) >= 11 is 5.90. The molecule has 32 heavy (non-hydrogen) atoms. The van der Waals surface area contributed by atoms with Crippen molar-refractivity contribution < 1.29 is 22.8 Å². The van der Waals surface area contributed by atoms with Gasteiger partial charge < -0.3 is 9.80 Å². The van der Waals surface area contributed by atoms with E-state index in [9.17, 15) is 22.8 Å². The second-order valence-electron chi connectivity index (χ2n) is 8.49. The van der Waals surface area contributed by atoms with Crippen molar-refractivity contribution in [1.82, 2.24) is 9.80 Å². The maximum absolute atomic E-state index is 13.4. The molecule has 170 valence electrons. The standard InChI is InChI=1S/C24H24ClF3N2O2/c25-20-9-5-17(6-10-20)22(31)29-13-1-2-18(15-29)23(32)30(21-11-12-21)14-16-3-7-19(8-4-16)24(26,27)28/h3-10,18,21H,1-2,11-15H2. The Morgan fingerprint density at radius 1 is 1.00 bits per heavy atom. The third-order valence-corrected chi connectivity index (χ3v) is 6.31. The van der Waals surface area contributed by atoms with Crippen LogP contribution in [0.3, 0.4) is 0 Å². The molecule has 0 N–H and O–H groups in total. The van der Waals surface area contributed by atoms with E-state index in [0.29, 0.717) is 35.7 Å². The number of piperidine rings is 1. The van der Waals surface area contributed by atoms with Gasteiger partial charge in [0.15, 0.2) is 0 Å². The number of alkyl halides is 3. The number of amides is 2. The molecule has 4 nitrogen and oxygen atoms in total. The molecular weight excluding hydrogens is 441 g/mol. The molecule has 0 aromatic heterocycles. The second-order valence-corrected chi connectivity index (χ2v) is 8.93. The van der Waals surface area contributed by atoms with E-state index in [4.69, 9.17) is 11.6 Å². The van der Waals surface area contributed by atoms with Crippen molar-refractivity contribution in [3.05, 3.63) is 70.2 Å². The molecule has 2 fully saturated rings. The number of likely N-dealkylation sites (tertiary alicyclic amines) is 1. The van der Waals surface area contributed by atoms with Gasteiger partial charge in [-0.15, -0.1) is 0 Å². The zero-order chi connectivity index (χ0) is 22.9. The van der Waals surface area contributed by atoms with Crippen LogP contribution in [0.4, 0.5) is 13.2 Å². The highest BCUT2D eigenvalue weighted by molar-refractivity contribution is 6.30. The molecule has 0 radical (unpaired) electrons. The minimum atomic E-state index is -4.38. The van der Waals surface area contributed by atoms with Crippen LogP contribution in [0.1, 0.15) is 47.2 Å². The van der Waals surface area contributed by atoms with E-state index in [0.717, 1.165) is 31.4 Å². The highest BCUT2D eigenvalue weighted by Crippen LogP contribution is 2.33. The lowest BCUT2D eigenvalue weighted by Crippen LogP contribution is -2.47. The van der Waals surface area contributed by atoms with Crippen molar-refractivity contribution >= 4 is 23.4 Å². The van der Waals surface area contributed by atoms with Crippen LogP contribution < -0.4 is 0 Å². The summed E-state index contributed by atoms with van der Waals surface area (Å²) in [6, 6.07) is 11.8. The molecular formula is C24H24ClF3N2O2. The predicted molar refractivity (Wildman–Crippen MR) is 115 cm³/mol. The first-order chi connectivity index (χ1) is 15.2. The van der Waals surface area contributed by atoms with Gasteiger partial charge >= 0.3 is 6.18 Å². The minimum Gasteiger partial charge on any atom is -0.338 e. The maximum Gasteiger partial charge on any atom is 0.416 e. The van der Waals surface area contributed by atoms with Gasteiger partial charge in [-0.05, 0) is 67.6 Å². The zero-order valence-electron chi connectivity index (χ0n) is 17.4. The van der Waals surface area contributed by atoms with Gasteiger partial charge in [-0.1, -0.05) is 23.7 Å². The highest BCUT2D eigenvalue weighted by Gasteiger charge is 2.38. The van der Waals surface area contributed by atoms with Gasteiger partial charge in [0.25, 0.3) is 5.91 Å². The van der Waals surface area contributed by atoms with E-state index in [1.807, 2.05) is 0 Å². The Balaban J connectivity index is 1.44. The van der Waals surface area contributed by atoms with Crippen molar-refractivity contribution in [3.63, 3.8) is 0 Å².